The number of carbonyl (C=O) groups is 1. The van der Waals surface area contributed by atoms with Crippen LogP contribution in [0.15, 0.2) is 28.7 Å². The van der Waals surface area contributed by atoms with E-state index in [1.807, 2.05) is 11.0 Å². The molecule has 2 saturated carbocycles. The number of anilines is 1. The van der Waals surface area contributed by atoms with E-state index in [1.165, 1.54) is 18.9 Å². The van der Waals surface area contributed by atoms with Gasteiger partial charge in [-0.1, -0.05) is 23.3 Å². The van der Waals surface area contributed by atoms with Crippen molar-refractivity contribution >= 4 is 11.9 Å². The number of likely N-dealkylation sites (tertiary alicyclic amines) is 1. The lowest BCUT2D eigenvalue weighted by molar-refractivity contribution is -0.130. The topological polar surface area (TPSA) is 71.3 Å². The maximum absolute atomic E-state index is 13.9. The molecule has 1 aromatic carbocycles. The summed E-state index contributed by atoms with van der Waals surface area (Å²) in [6.07, 6.45) is 5.71. The van der Waals surface area contributed by atoms with Crippen molar-refractivity contribution in [3.05, 3.63) is 41.5 Å². The van der Waals surface area contributed by atoms with E-state index in [4.69, 9.17) is 4.42 Å². The molecule has 2 aromatic rings. The molecule has 3 fully saturated rings. The molecule has 2 atom stereocenters. The fourth-order valence-corrected chi connectivity index (χ4v) is 4.21. The van der Waals surface area contributed by atoms with Gasteiger partial charge in [-0.15, -0.1) is 5.10 Å². The number of hydrogen-bond donors (Lipinski definition) is 1. The minimum atomic E-state index is -0.192. The largest absolute Gasteiger partial charge is 0.408 e. The van der Waals surface area contributed by atoms with Gasteiger partial charge in [0.1, 0.15) is 5.82 Å². The molecule has 0 radical (unpaired) electrons. The lowest BCUT2D eigenvalue weighted by atomic mass is 9.94. The molecular formula is C20H23FN4O2. The second-order valence-corrected chi connectivity index (χ2v) is 8.15. The van der Waals surface area contributed by atoms with Crippen molar-refractivity contribution in [2.45, 2.75) is 43.9 Å². The Hall–Kier alpha value is -2.44. The maximum atomic E-state index is 13.9. The summed E-state index contributed by atoms with van der Waals surface area (Å²) in [6.45, 7) is 1.86. The molecule has 1 spiro atoms. The van der Waals surface area contributed by atoms with E-state index in [0.29, 0.717) is 16.9 Å². The first kappa shape index (κ1) is 16.7. The highest BCUT2D eigenvalue weighted by molar-refractivity contribution is 5.80. The van der Waals surface area contributed by atoms with E-state index in [0.717, 1.165) is 32.4 Å². The summed E-state index contributed by atoms with van der Waals surface area (Å²) in [4.78, 5) is 14.3. The van der Waals surface area contributed by atoms with E-state index >= 15 is 0 Å². The Morgan fingerprint density at radius 1 is 1.19 bits per heavy atom. The Morgan fingerprint density at radius 3 is 2.70 bits per heavy atom. The Balaban J connectivity index is 1.14. The normalized spacial score (nSPS) is 25.4. The van der Waals surface area contributed by atoms with E-state index in [1.54, 1.807) is 12.1 Å². The third-order valence-electron chi connectivity index (χ3n) is 6.38. The number of rotatable bonds is 5. The van der Waals surface area contributed by atoms with Crippen LogP contribution in [0.5, 0.6) is 0 Å². The average molecular weight is 370 g/mol. The summed E-state index contributed by atoms with van der Waals surface area (Å²) >= 11 is 0. The molecule has 27 heavy (non-hydrogen) atoms. The fraction of sp³-hybridized carbons (Fsp3) is 0.550. The summed E-state index contributed by atoms with van der Waals surface area (Å²) < 4.78 is 19.5. The van der Waals surface area contributed by atoms with E-state index < -0.39 is 0 Å². The number of nitrogens with zero attached hydrogens (tertiary/aromatic N) is 3. The minimum absolute atomic E-state index is 0.0532. The van der Waals surface area contributed by atoms with E-state index in [9.17, 15) is 9.18 Å². The summed E-state index contributed by atoms with van der Waals surface area (Å²) in [5.74, 6) is 0.525. The third kappa shape index (κ3) is 3.31. The molecule has 142 valence electrons. The molecule has 1 unspecified atom stereocenters. The summed E-state index contributed by atoms with van der Waals surface area (Å²) in [5, 5.41) is 11.0. The zero-order valence-corrected chi connectivity index (χ0v) is 15.2. The van der Waals surface area contributed by atoms with Gasteiger partial charge in [0, 0.05) is 19.0 Å². The van der Waals surface area contributed by atoms with E-state index in [2.05, 4.69) is 15.5 Å². The molecule has 0 bridgehead atoms. The molecule has 5 rings (SSSR count). The van der Waals surface area contributed by atoms with Crippen molar-refractivity contribution in [3.63, 3.8) is 0 Å². The molecule has 1 aromatic heterocycles. The van der Waals surface area contributed by atoms with Crippen LogP contribution in [-0.4, -0.2) is 40.6 Å². The zero-order chi connectivity index (χ0) is 18.4. The highest BCUT2D eigenvalue weighted by atomic mass is 19.1. The van der Waals surface area contributed by atoms with Crippen molar-refractivity contribution in [2.24, 2.45) is 5.41 Å². The van der Waals surface area contributed by atoms with Crippen molar-refractivity contribution in [3.8, 4) is 0 Å². The number of nitrogens with one attached hydrogen (secondary N) is 1. The molecule has 1 amide bonds. The van der Waals surface area contributed by atoms with Gasteiger partial charge in [-0.25, -0.2) is 4.39 Å². The third-order valence-corrected chi connectivity index (χ3v) is 6.38. The Kier molecular flexibility index (Phi) is 3.91. The molecule has 2 aliphatic carbocycles. The van der Waals surface area contributed by atoms with Gasteiger partial charge in [0.2, 0.25) is 11.8 Å². The van der Waals surface area contributed by atoms with Crippen LogP contribution in [0.25, 0.3) is 0 Å². The smallest absolute Gasteiger partial charge is 0.315 e. The first-order valence-corrected chi connectivity index (χ1v) is 9.73. The van der Waals surface area contributed by atoms with Crippen LogP contribution in [0.1, 0.15) is 55.4 Å². The number of hydrogen-bond acceptors (Lipinski definition) is 5. The fourth-order valence-electron chi connectivity index (χ4n) is 4.21. The van der Waals surface area contributed by atoms with Gasteiger partial charge in [-0.05, 0) is 55.1 Å². The molecule has 1 N–H and O–H groups in total. The standard InChI is InChI=1S/C20H23FN4O2/c21-16-4-2-1-3-13(16)14-11-15(14)18-23-24-19(27-18)22-12-17(26)25-9-7-20(5-6-20)8-10-25/h1-4,14-15H,5-12H2,(H,22,24)/t14?,15-/m0/s1. The van der Waals surface area contributed by atoms with Crippen molar-refractivity contribution in [1.82, 2.24) is 15.1 Å². The van der Waals surface area contributed by atoms with Gasteiger partial charge in [0.15, 0.2) is 0 Å². The van der Waals surface area contributed by atoms with Gasteiger partial charge >= 0.3 is 6.01 Å². The predicted octanol–water partition coefficient (Wildman–Crippen LogP) is 3.29. The van der Waals surface area contributed by atoms with Crippen LogP contribution < -0.4 is 5.32 Å². The van der Waals surface area contributed by atoms with Crippen LogP contribution in [0, 0.1) is 11.2 Å². The second kappa shape index (κ2) is 6.32. The van der Waals surface area contributed by atoms with Gasteiger partial charge < -0.3 is 14.6 Å². The number of carbonyl (C=O) groups excluding carboxylic acids is 1. The monoisotopic (exact) mass is 370 g/mol. The second-order valence-electron chi connectivity index (χ2n) is 8.15. The summed E-state index contributed by atoms with van der Waals surface area (Å²) in [7, 11) is 0. The number of benzene rings is 1. The maximum Gasteiger partial charge on any atom is 0.315 e. The minimum Gasteiger partial charge on any atom is -0.408 e. The van der Waals surface area contributed by atoms with Crippen molar-refractivity contribution in [1.29, 1.82) is 0 Å². The molecule has 7 heteroatoms. The predicted molar refractivity (Wildman–Crippen MR) is 96.8 cm³/mol. The lowest BCUT2D eigenvalue weighted by Gasteiger charge is -2.32. The SMILES string of the molecule is O=C(CNc1nnc([C@H]2CC2c2ccccc2F)o1)N1CCC2(CC1)CC2. The molecule has 6 nitrogen and oxygen atoms in total. The number of amides is 1. The first-order valence-electron chi connectivity index (χ1n) is 9.73. The molecule has 3 aliphatic rings. The van der Waals surface area contributed by atoms with Crippen LogP contribution in [0.2, 0.25) is 0 Å². The lowest BCUT2D eigenvalue weighted by Crippen LogP contribution is -2.41. The van der Waals surface area contributed by atoms with Crippen LogP contribution >= 0.6 is 0 Å². The van der Waals surface area contributed by atoms with Gasteiger partial charge in [0.05, 0.1) is 6.54 Å². The van der Waals surface area contributed by atoms with Crippen molar-refractivity contribution in [2.75, 3.05) is 25.0 Å². The highest BCUT2D eigenvalue weighted by Gasteiger charge is 2.46. The highest BCUT2D eigenvalue weighted by Crippen LogP contribution is 2.55. The quantitative estimate of drug-likeness (QED) is 0.874. The summed E-state index contributed by atoms with van der Waals surface area (Å²) in [6, 6.07) is 7.07. The Labute approximate surface area is 157 Å². The molecule has 1 saturated heterocycles. The molecule has 1 aliphatic heterocycles. The van der Waals surface area contributed by atoms with Crippen LogP contribution in [0.3, 0.4) is 0 Å². The number of halogens is 1. The van der Waals surface area contributed by atoms with Gasteiger partial charge in [-0.3, -0.25) is 4.79 Å². The Bertz CT molecular complexity index is 853. The van der Waals surface area contributed by atoms with Crippen LogP contribution in [-0.2, 0) is 4.79 Å². The van der Waals surface area contributed by atoms with Crippen molar-refractivity contribution < 1.29 is 13.6 Å². The zero-order valence-electron chi connectivity index (χ0n) is 15.2. The number of piperidine rings is 1. The van der Waals surface area contributed by atoms with Gasteiger partial charge in [-0.2, -0.15) is 0 Å². The van der Waals surface area contributed by atoms with Gasteiger partial charge in [0.25, 0.3) is 0 Å². The Morgan fingerprint density at radius 2 is 1.96 bits per heavy atom. The number of aromatic nitrogens is 2. The van der Waals surface area contributed by atoms with E-state index in [-0.39, 0.29) is 36.1 Å². The first-order chi connectivity index (χ1) is 13.1. The summed E-state index contributed by atoms with van der Waals surface area (Å²) in [5.41, 5.74) is 1.26. The average Bonchev–Trinajstić information content (AvgIpc) is 3.59. The van der Waals surface area contributed by atoms with Crippen LogP contribution in [0.4, 0.5) is 10.4 Å². The molecule has 2 heterocycles. The molecular weight excluding hydrogens is 347 g/mol.